The van der Waals surface area contributed by atoms with E-state index in [1.807, 2.05) is 6.92 Å². The molecule has 3 aliphatic carbocycles. The molecule has 0 aromatic rings. The summed E-state index contributed by atoms with van der Waals surface area (Å²) in [5.74, 6) is -3.54. The largest absolute Gasteiger partial charge is 0.478 e. The summed E-state index contributed by atoms with van der Waals surface area (Å²) in [4.78, 5) is 27.6. The minimum Gasteiger partial charge on any atom is -0.478 e. The Kier molecular flexibility index (Phi) is 13.3. The van der Waals surface area contributed by atoms with E-state index in [1.54, 1.807) is 4.90 Å². The van der Waals surface area contributed by atoms with Crippen molar-refractivity contribution in [2.24, 2.45) is 17.8 Å². The lowest BCUT2D eigenvalue weighted by molar-refractivity contribution is -0.353. The topological polar surface area (TPSA) is 185 Å². The SMILES string of the molecule is CCC1CCC[C@@H](O[C@H](O)/C(OC(C)=O)=C(\O[C@@H](CC2CCCCC2)C(=O)N2CCC2)[C@@H](O)CCO)C1O[C@@H]1OC(C(F)(F)F)[C@@]2(O)CC2C1O. The summed E-state index contributed by atoms with van der Waals surface area (Å²) < 4.78 is 70.5. The maximum atomic E-state index is 13.9. The van der Waals surface area contributed by atoms with Crippen molar-refractivity contribution in [3.05, 3.63) is 11.5 Å². The van der Waals surface area contributed by atoms with E-state index in [9.17, 15) is 48.3 Å². The zero-order valence-electron chi connectivity index (χ0n) is 29.3. The van der Waals surface area contributed by atoms with Crippen LogP contribution in [0.1, 0.15) is 97.3 Å². The van der Waals surface area contributed by atoms with Crippen molar-refractivity contribution in [1.29, 1.82) is 0 Å². The number of ether oxygens (including phenoxy) is 5. The molecule has 51 heavy (non-hydrogen) atoms. The molecular formula is C35H54F3NO12. The smallest absolute Gasteiger partial charge is 0.417 e. The molecule has 2 heterocycles. The number of fused-ring (bicyclic) bond motifs is 1. The van der Waals surface area contributed by atoms with Crippen molar-refractivity contribution in [3.8, 4) is 0 Å². The fourth-order valence-corrected chi connectivity index (χ4v) is 8.13. The van der Waals surface area contributed by atoms with Crippen molar-refractivity contribution in [2.75, 3.05) is 19.7 Å². The minimum absolute atomic E-state index is 0.163. The zero-order chi connectivity index (χ0) is 37.1. The van der Waals surface area contributed by atoms with E-state index in [-0.39, 0.29) is 37.0 Å². The second-order valence-electron chi connectivity index (χ2n) is 14.8. The van der Waals surface area contributed by atoms with Crippen molar-refractivity contribution in [3.63, 3.8) is 0 Å². The summed E-state index contributed by atoms with van der Waals surface area (Å²) in [6.07, 6.45) is -10.3. The first-order valence-corrected chi connectivity index (χ1v) is 18.5. The van der Waals surface area contributed by atoms with Crippen LogP contribution in [0.25, 0.3) is 0 Å². The van der Waals surface area contributed by atoms with Gasteiger partial charge in [-0.15, -0.1) is 0 Å². The molecule has 1 amide bonds. The minimum atomic E-state index is -4.92. The molecule has 11 atom stereocenters. The van der Waals surface area contributed by atoms with Crippen LogP contribution in [-0.4, -0.2) is 123 Å². The molecule has 5 N–H and O–H groups in total. The standard InChI is InChI=1S/C35H54F3NO12/c1-3-21-11-7-12-24(27(21)50-32-26(43)22-18-34(22,46)33(51-32)35(36,37)38)49-31(45)29(47-19(2)41)28(23(42)13-16-40)48-25(30(44)39-14-8-15-39)17-20-9-5-4-6-10-20/h20-27,31-33,40,42-43,45-46H,3-18H2,1-2H3/b29-28+/t21?,22?,23-,24+,25-,26?,27?,31-,32+,33?,34+/m0/s1. The molecule has 0 radical (unpaired) electrons. The summed E-state index contributed by atoms with van der Waals surface area (Å²) >= 11 is 0. The lowest BCUT2D eigenvalue weighted by Gasteiger charge is -2.43. The van der Waals surface area contributed by atoms with Crippen LogP contribution in [0.3, 0.4) is 0 Å². The van der Waals surface area contributed by atoms with Crippen LogP contribution >= 0.6 is 0 Å². The summed E-state index contributed by atoms with van der Waals surface area (Å²) in [7, 11) is 0. The van der Waals surface area contributed by atoms with Gasteiger partial charge in [-0.25, -0.2) is 0 Å². The van der Waals surface area contributed by atoms with Gasteiger partial charge in [-0.05, 0) is 43.9 Å². The van der Waals surface area contributed by atoms with Crippen molar-refractivity contribution < 1.29 is 72.0 Å². The van der Waals surface area contributed by atoms with Crippen molar-refractivity contribution in [1.82, 2.24) is 4.90 Å². The number of amides is 1. The Hall–Kier alpha value is -2.05. The molecule has 2 aliphatic heterocycles. The number of likely N-dealkylation sites (tertiary alicyclic amines) is 1. The predicted molar refractivity (Wildman–Crippen MR) is 171 cm³/mol. The molecule has 0 bridgehead atoms. The number of aliphatic hydroxyl groups is 5. The molecule has 2 saturated heterocycles. The maximum absolute atomic E-state index is 13.9. The van der Waals surface area contributed by atoms with Crippen LogP contribution in [-0.2, 0) is 33.3 Å². The van der Waals surface area contributed by atoms with E-state index in [1.165, 1.54) is 0 Å². The van der Waals surface area contributed by atoms with Gasteiger partial charge in [0.25, 0.3) is 5.91 Å². The predicted octanol–water partition coefficient (Wildman–Crippen LogP) is 2.79. The lowest BCUT2D eigenvalue weighted by Crippen LogP contribution is -2.57. The van der Waals surface area contributed by atoms with E-state index in [4.69, 9.17) is 23.7 Å². The molecule has 292 valence electrons. The Morgan fingerprint density at radius 3 is 2.31 bits per heavy atom. The highest BCUT2D eigenvalue weighted by atomic mass is 19.4. The number of rotatable bonds is 15. The monoisotopic (exact) mass is 737 g/mol. The van der Waals surface area contributed by atoms with Gasteiger partial charge in [0, 0.05) is 39.0 Å². The highest BCUT2D eigenvalue weighted by Crippen LogP contribution is 2.57. The van der Waals surface area contributed by atoms with Crippen molar-refractivity contribution in [2.45, 2.75) is 158 Å². The Morgan fingerprint density at radius 2 is 1.73 bits per heavy atom. The van der Waals surface area contributed by atoms with Crippen LogP contribution in [0.15, 0.2) is 11.5 Å². The van der Waals surface area contributed by atoms with Crippen LogP contribution in [0.2, 0.25) is 0 Å². The molecule has 5 fully saturated rings. The third-order valence-electron chi connectivity index (χ3n) is 11.2. The number of carbonyl (C=O) groups is 2. The van der Waals surface area contributed by atoms with Crippen LogP contribution in [0, 0.1) is 17.8 Å². The average molecular weight is 738 g/mol. The van der Waals surface area contributed by atoms with Gasteiger partial charge >= 0.3 is 12.1 Å². The third kappa shape index (κ3) is 9.37. The van der Waals surface area contributed by atoms with Gasteiger partial charge in [0.2, 0.25) is 12.0 Å². The van der Waals surface area contributed by atoms with E-state index < -0.39 is 91.0 Å². The molecule has 13 nitrogen and oxygen atoms in total. The quantitative estimate of drug-likeness (QED) is 0.0943. The number of esters is 1. The fourth-order valence-electron chi connectivity index (χ4n) is 8.13. The summed E-state index contributed by atoms with van der Waals surface area (Å²) in [6, 6.07) is 0. The molecule has 0 aromatic carbocycles. The van der Waals surface area contributed by atoms with E-state index in [2.05, 4.69) is 0 Å². The number of hydrogen-bond acceptors (Lipinski definition) is 12. The summed E-state index contributed by atoms with van der Waals surface area (Å²) in [6.45, 7) is 3.47. The first-order chi connectivity index (χ1) is 24.2. The van der Waals surface area contributed by atoms with Gasteiger partial charge < -0.3 is 54.1 Å². The van der Waals surface area contributed by atoms with E-state index in [0.717, 1.165) is 45.4 Å². The highest BCUT2D eigenvalue weighted by molar-refractivity contribution is 5.81. The molecular weight excluding hydrogens is 683 g/mol. The molecule has 5 aliphatic rings. The fraction of sp³-hybridized carbons (Fsp3) is 0.886. The second-order valence-corrected chi connectivity index (χ2v) is 14.8. The van der Waals surface area contributed by atoms with Crippen LogP contribution in [0.4, 0.5) is 13.2 Å². The second kappa shape index (κ2) is 17.0. The van der Waals surface area contributed by atoms with E-state index >= 15 is 0 Å². The number of hydrogen-bond donors (Lipinski definition) is 5. The van der Waals surface area contributed by atoms with Gasteiger partial charge in [0.15, 0.2) is 24.3 Å². The van der Waals surface area contributed by atoms with Gasteiger partial charge in [0.05, 0.1) is 12.2 Å². The van der Waals surface area contributed by atoms with Crippen LogP contribution in [0.5, 0.6) is 0 Å². The number of aliphatic hydroxyl groups excluding tert-OH is 4. The molecule has 0 spiro atoms. The first-order valence-electron chi connectivity index (χ1n) is 18.5. The summed E-state index contributed by atoms with van der Waals surface area (Å²) in [5.41, 5.74) is -2.25. The molecule has 3 saturated carbocycles. The number of carbonyl (C=O) groups excluding carboxylic acids is 2. The van der Waals surface area contributed by atoms with Gasteiger partial charge in [-0.1, -0.05) is 51.9 Å². The van der Waals surface area contributed by atoms with Gasteiger partial charge in [-0.2, -0.15) is 13.2 Å². The number of nitrogens with zero attached hydrogens (tertiary/aromatic N) is 1. The normalized spacial score (nSPS) is 35.1. The first kappa shape index (κ1) is 40.1. The lowest BCUT2D eigenvalue weighted by atomic mass is 9.82. The van der Waals surface area contributed by atoms with Gasteiger partial charge in [0.1, 0.15) is 17.8 Å². The van der Waals surface area contributed by atoms with Crippen molar-refractivity contribution >= 4 is 11.9 Å². The van der Waals surface area contributed by atoms with E-state index in [0.29, 0.717) is 38.8 Å². The summed E-state index contributed by atoms with van der Waals surface area (Å²) in [5, 5.41) is 53.8. The highest BCUT2D eigenvalue weighted by Gasteiger charge is 2.73. The molecule has 16 heteroatoms. The maximum Gasteiger partial charge on any atom is 0.417 e. The average Bonchev–Trinajstić information content (AvgIpc) is 3.75. The number of halogens is 3. The molecule has 0 aromatic heterocycles. The number of alkyl halides is 3. The van der Waals surface area contributed by atoms with Crippen LogP contribution < -0.4 is 0 Å². The molecule has 5 rings (SSSR count). The van der Waals surface area contributed by atoms with Gasteiger partial charge in [-0.3, -0.25) is 9.59 Å². The molecule has 5 unspecified atom stereocenters. The third-order valence-corrected chi connectivity index (χ3v) is 11.2. The zero-order valence-corrected chi connectivity index (χ0v) is 29.3. The Morgan fingerprint density at radius 1 is 1.02 bits per heavy atom. The Balaban J connectivity index is 1.42. The Bertz CT molecular complexity index is 1230. The Labute approximate surface area is 296 Å².